The first-order valence-corrected chi connectivity index (χ1v) is 4.49. The van der Waals surface area contributed by atoms with Crippen LogP contribution in [0.3, 0.4) is 0 Å². The number of hydrogen-bond donors (Lipinski definition) is 0. The normalized spacial score (nSPS) is 24.1. The van der Waals surface area contributed by atoms with E-state index in [0.29, 0.717) is 12.8 Å². The van der Waals surface area contributed by atoms with Gasteiger partial charge in [0.2, 0.25) is 6.08 Å². The maximum Gasteiger partial charge on any atom is 0.235 e. The van der Waals surface area contributed by atoms with Gasteiger partial charge in [-0.05, 0) is 43.0 Å². The zero-order valence-corrected chi connectivity index (χ0v) is 7.88. The lowest BCUT2D eigenvalue weighted by Crippen LogP contribution is -2.21. The average Bonchev–Trinajstić information content (AvgIpc) is 2.40. The Kier molecular flexibility index (Phi) is 1.97. The monoisotopic (exact) mass is 191 g/mol. The predicted molar refractivity (Wildman–Crippen MR) is 50.3 cm³/mol. The van der Waals surface area contributed by atoms with Crippen LogP contribution in [0.4, 0.5) is 4.39 Å². The smallest absolute Gasteiger partial charge is 0.211 e. The molecule has 0 saturated carbocycles. The van der Waals surface area contributed by atoms with Crippen molar-refractivity contribution in [3.05, 3.63) is 35.1 Å². The molecule has 14 heavy (non-hydrogen) atoms. The van der Waals surface area contributed by atoms with Crippen LogP contribution in [-0.2, 0) is 17.6 Å². The topological polar surface area (TPSA) is 29.4 Å². The average molecular weight is 191 g/mol. The molecule has 1 aliphatic rings. The third kappa shape index (κ3) is 1.47. The van der Waals surface area contributed by atoms with Crippen LogP contribution in [-0.4, -0.2) is 11.6 Å². The lowest BCUT2D eigenvalue weighted by atomic mass is 10.0. The molecule has 0 aliphatic heterocycles. The summed E-state index contributed by atoms with van der Waals surface area (Å²) in [5.41, 5.74) is 1.61. The largest absolute Gasteiger partial charge is 0.235 e. The van der Waals surface area contributed by atoms with E-state index in [1.807, 2.05) is 6.92 Å². The fraction of sp³-hybridized carbons (Fsp3) is 0.364. The van der Waals surface area contributed by atoms with Gasteiger partial charge in [0.05, 0.1) is 5.54 Å². The molecule has 2 rings (SSSR count). The molecule has 0 fully saturated rings. The molecule has 0 N–H and O–H groups in total. The van der Waals surface area contributed by atoms with Crippen LogP contribution >= 0.6 is 0 Å². The van der Waals surface area contributed by atoms with Crippen molar-refractivity contribution < 1.29 is 9.18 Å². The molecule has 1 unspecified atom stereocenters. The number of isocyanates is 1. The molecule has 2 nitrogen and oxygen atoms in total. The summed E-state index contributed by atoms with van der Waals surface area (Å²) in [5.74, 6) is -0.233. The van der Waals surface area contributed by atoms with Crippen molar-refractivity contribution in [2.75, 3.05) is 0 Å². The van der Waals surface area contributed by atoms with Crippen LogP contribution in [0.1, 0.15) is 18.1 Å². The van der Waals surface area contributed by atoms with E-state index in [0.717, 1.165) is 11.1 Å². The van der Waals surface area contributed by atoms with Crippen molar-refractivity contribution in [1.29, 1.82) is 0 Å². The Morgan fingerprint density at radius 2 is 2.14 bits per heavy atom. The van der Waals surface area contributed by atoms with E-state index < -0.39 is 5.54 Å². The van der Waals surface area contributed by atoms with Crippen molar-refractivity contribution in [3.63, 3.8) is 0 Å². The minimum absolute atomic E-state index is 0.233. The Hall–Kier alpha value is -1.47. The SMILES string of the molecule is CC1(N=C=O)Cc2ccc(F)cc2C1. The van der Waals surface area contributed by atoms with Gasteiger partial charge in [0.1, 0.15) is 5.82 Å². The molecule has 1 aliphatic carbocycles. The van der Waals surface area contributed by atoms with Crippen molar-refractivity contribution in [2.45, 2.75) is 25.3 Å². The Balaban J connectivity index is 2.38. The summed E-state index contributed by atoms with van der Waals surface area (Å²) in [5, 5.41) is 0. The Morgan fingerprint density at radius 3 is 2.86 bits per heavy atom. The highest BCUT2D eigenvalue weighted by atomic mass is 19.1. The van der Waals surface area contributed by atoms with E-state index in [1.54, 1.807) is 12.1 Å². The zero-order valence-electron chi connectivity index (χ0n) is 7.88. The van der Waals surface area contributed by atoms with Crippen LogP contribution < -0.4 is 0 Å². The van der Waals surface area contributed by atoms with E-state index in [4.69, 9.17) is 0 Å². The van der Waals surface area contributed by atoms with Gasteiger partial charge in [0, 0.05) is 0 Å². The first kappa shape index (κ1) is 9.10. The van der Waals surface area contributed by atoms with Gasteiger partial charge in [-0.2, -0.15) is 4.99 Å². The predicted octanol–water partition coefficient (Wildman–Crippen LogP) is 2.02. The van der Waals surface area contributed by atoms with Crippen molar-refractivity contribution in [3.8, 4) is 0 Å². The maximum absolute atomic E-state index is 12.9. The third-order valence-electron chi connectivity index (χ3n) is 2.63. The number of rotatable bonds is 1. The lowest BCUT2D eigenvalue weighted by Gasteiger charge is -2.13. The molecule has 0 bridgehead atoms. The molecule has 0 spiro atoms. The molecule has 0 heterocycles. The van der Waals surface area contributed by atoms with Gasteiger partial charge >= 0.3 is 0 Å². The molecular formula is C11H10FNO. The first-order valence-electron chi connectivity index (χ1n) is 4.49. The standard InChI is InChI=1S/C11H10FNO/c1-11(13-7-14)5-8-2-3-10(12)4-9(8)6-11/h2-4H,5-6H2,1H3. The van der Waals surface area contributed by atoms with Crippen LogP contribution in [0.2, 0.25) is 0 Å². The van der Waals surface area contributed by atoms with E-state index in [1.165, 1.54) is 12.1 Å². The fourth-order valence-corrected chi connectivity index (χ4v) is 2.00. The highest BCUT2D eigenvalue weighted by Crippen LogP contribution is 2.32. The van der Waals surface area contributed by atoms with Crippen LogP contribution in [0.25, 0.3) is 0 Å². The molecule has 0 radical (unpaired) electrons. The summed E-state index contributed by atoms with van der Waals surface area (Å²) in [6, 6.07) is 4.71. The molecule has 72 valence electrons. The minimum Gasteiger partial charge on any atom is -0.211 e. The van der Waals surface area contributed by atoms with Gasteiger partial charge in [-0.3, -0.25) is 0 Å². The molecule has 0 amide bonds. The quantitative estimate of drug-likeness (QED) is 0.493. The summed E-state index contributed by atoms with van der Waals surface area (Å²) in [6.07, 6.45) is 2.89. The van der Waals surface area contributed by atoms with Gasteiger partial charge < -0.3 is 0 Å². The molecule has 1 aromatic rings. The lowest BCUT2D eigenvalue weighted by molar-refractivity contribution is 0.487. The van der Waals surface area contributed by atoms with Gasteiger partial charge in [-0.25, -0.2) is 9.18 Å². The first-order chi connectivity index (χ1) is 6.63. The van der Waals surface area contributed by atoms with Crippen molar-refractivity contribution in [2.24, 2.45) is 4.99 Å². The summed E-state index contributed by atoms with van der Waals surface area (Å²) in [6.45, 7) is 1.88. The van der Waals surface area contributed by atoms with Crippen molar-refractivity contribution in [1.82, 2.24) is 0 Å². The molecule has 3 heteroatoms. The number of halogens is 1. The van der Waals surface area contributed by atoms with Gasteiger partial charge in [0.15, 0.2) is 0 Å². The molecular weight excluding hydrogens is 181 g/mol. The number of hydrogen-bond acceptors (Lipinski definition) is 2. The summed E-state index contributed by atoms with van der Waals surface area (Å²) < 4.78 is 12.9. The highest BCUT2D eigenvalue weighted by molar-refractivity contribution is 5.41. The summed E-state index contributed by atoms with van der Waals surface area (Å²) >= 11 is 0. The van der Waals surface area contributed by atoms with Crippen LogP contribution in [0, 0.1) is 5.82 Å². The van der Waals surface area contributed by atoms with Crippen LogP contribution in [0.5, 0.6) is 0 Å². The van der Waals surface area contributed by atoms with E-state index in [9.17, 15) is 9.18 Å². The molecule has 1 aromatic carbocycles. The zero-order chi connectivity index (χ0) is 10.2. The van der Waals surface area contributed by atoms with E-state index in [2.05, 4.69) is 4.99 Å². The van der Waals surface area contributed by atoms with E-state index in [-0.39, 0.29) is 5.82 Å². The van der Waals surface area contributed by atoms with E-state index >= 15 is 0 Å². The summed E-state index contributed by atoms with van der Waals surface area (Å²) in [7, 11) is 0. The Bertz CT molecular complexity index is 423. The number of aliphatic imine (C=N–C) groups is 1. The molecule has 0 saturated heterocycles. The Labute approximate surface area is 81.5 Å². The van der Waals surface area contributed by atoms with Gasteiger partial charge in [-0.1, -0.05) is 6.07 Å². The van der Waals surface area contributed by atoms with Gasteiger partial charge in [0.25, 0.3) is 0 Å². The van der Waals surface area contributed by atoms with Gasteiger partial charge in [-0.15, -0.1) is 0 Å². The third-order valence-corrected chi connectivity index (χ3v) is 2.63. The maximum atomic E-state index is 12.9. The number of carbonyl (C=O) groups excluding carboxylic acids is 1. The fourth-order valence-electron chi connectivity index (χ4n) is 2.00. The highest BCUT2D eigenvalue weighted by Gasteiger charge is 2.32. The number of nitrogens with zero attached hydrogens (tertiary/aromatic N) is 1. The molecule has 1 atom stereocenters. The Morgan fingerprint density at radius 1 is 1.43 bits per heavy atom. The number of fused-ring (bicyclic) bond motifs is 1. The second-order valence-electron chi connectivity index (χ2n) is 3.97. The summed E-state index contributed by atoms with van der Waals surface area (Å²) in [4.78, 5) is 14.0. The number of benzene rings is 1. The minimum atomic E-state index is -0.419. The van der Waals surface area contributed by atoms with Crippen LogP contribution in [0.15, 0.2) is 23.2 Å². The molecule has 0 aromatic heterocycles. The second-order valence-corrected chi connectivity index (χ2v) is 3.97. The second kappa shape index (κ2) is 3.03. The van der Waals surface area contributed by atoms with Crippen molar-refractivity contribution >= 4 is 6.08 Å².